The highest BCUT2D eigenvalue weighted by atomic mass is 16.5. The van der Waals surface area contributed by atoms with E-state index < -0.39 is 5.91 Å². The zero-order chi connectivity index (χ0) is 18.9. The Kier molecular flexibility index (Phi) is 7.02. The molecule has 1 atom stereocenters. The van der Waals surface area contributed by atoms with E-state index in [1.165, 1.54) is 19.2 Å². The average Bonchev–Trinajstić information content (AvgIpc) is 2.66. The number of primary amides is 1. The van der Waals surface area contributed by atoms with Gasteiger partial charge in [-0.3, -0.25) is 9.59 Å². The summed E-state index contributed by atoms with van der Waals surface area (Å²) in [5.74, 6) is -0.168. The van der Waals surface area contributed by atoms with Crippen LogP contribution in [0.1, 0.15) is 41.7 Å². The molecule has 0 aliphatic rings. The van der Waals surface area contributed by atoms with Gasteiger partial charge in [-0.1, -0.05) is 43.7 Å². The van der Waals surface area contributed by atoms with Crippen LogP contribution in [0.2, 0.25) is 0 Å². The van der Waals surface area contributed by atoms with Crippen molar-refractivity contribution in [3.8, 4) is 11.5 Å². The molecule has 0 saturated heterocycles. The van der Waals surface area contributed by atoms with Crippen LogP contribution in [-0.2, 0) is 4.79 Å². The molecule has 6 nitrogen and oxygen atoms in total. The van der Waals surface area contributed by atoms with Crippen molar-refractivity contribution in [1.29, 1.82) is 0 Å². The molecule has 0 aliphatic carbocycles. The van der Waals surface area contributed by atoms with Crippen molar-refractivity contribution in [3.63, 3.8) is 0 Å². The monoisotopic (exact) mass is 356 g/mol. The number of amides is 2. The minimum absolute atomic E-state index is 0.0850. The van der Waals surface area contributed by atoms with Crippen LogP contribution < -0.4 is 20.5 Å². The Balaban J connectivity index is 2.04. The van der Waals surface area contributed by atoms with Crippen LogP contribution in [0.4, 0.5) is 0 Å². The first-order valence-corrected chi connectivity index (χ1v) is 8.50. The molecule has 0 bridgehead atoms. The largest absolute Gasteiger partial charge is 0.497 e. The third kappa shape index (κ3) is 5.24. The van der Waals surface area contributed by atoms with Gasteiger partial charge in [-0.2, -0.15) is 0 Å². The molecule has 3 N–H and O–H groups in total. The zero-order valence-corrected chi connectivity index (χ0v) is 15.0. The Hall–Kier alpha value is -3.02. The fourth-order valence-electron chi connectivity index (χ4n) is 2.63. The van der Waals surface area contributed by atoms with Crippen molar-refractivity contribution in [2.24, 2.45) is 5.73 Å². The molecule has 0 aromatic heterocycles. The van der Waals surface area contributed by atoms with Gasteiger partial charge in [0.15, 0.2) is 6.61 Å². The third-order valence-corrected chi connectivity index (χ3v) is 3.93. The van der Waals surface area contributed by atoms with Crippen molar-refractivity contribution in [1.82, 2.24) is 5.32 Å². The van der Waals surface area contributed by atoms with Gasteiger partial charge < -0.3 is 20.5 Å². The van der Waals surface area contributed by atoms with Crippen LogP contribution in [0.3, 0.4) is 0 Å². The number of nitrogens with two attached hydrogens (primary N) is 1. The molecule has 0 fully saturated rings. The number of nitrogens with one attached hydrogen (secondary N) is 1. The number of methoxy groups -OCH3 is 1. The topological polar surface area (TPSA) is 90.7 Å². The van der Waals surface area contributed by atoms with Crippen molar-refractivity contribution in [3.05, 3.63) is 59.7 Å². The predicted octanol–water partition coefficient (Wildman–Crippen LogP) is 2.83. The normalized spacial score (nSPS) is 11.5. The van der Waals surface area contributed by atoms with Gasteiger partial charge in [-0.05, 0) is 24.1 Å². The summed E-state index contributed by atoms with van der Waals surface area (Å²) in [7, 11) is 1.50. The second-order valence-corrected chi connectivity index (χ2v) is 5.83. The average molecular weight is 356 g/mol. The Labute approximate surface area is 153 Å². The minimum Gasteiger partial charge on any atom is -0.497 e. The van der Waals surface area contributed by atoms with Gasteiger partial charge in [-0.25, -0.2) is 0 Å². The highest BCUT2D eigenvalue weighted by Crippen LogP contribution is 2.24. The molecule has 2 aromatic rings. The number of benzene rings is 2. The second kappa shape index (κ2) is 9.46. The van der Waals surface area contributed by atoms with Crippen molar-refractivity contribution in [2.75, 3.05) is 13.7 Å². The number of hydrogen-bond acceptors (Lipinski definition) is 4. The molecule has 0 spiro atoms. The van der Waals surface area contributed by atoms with Gasteiger partial charge in [-0.15, -0.1) is 0 Å². The minimum atomic E-state index is -0.629. The predicted molar refractivity (Wildman–Crippen MR) is 99.2 cm³/mol. The molecule has 0 radical (unpaired) electrons. The fraction of sp³-hybridized carbons (Fsp3) is 0.300. The van der Waals surface area contributed by atoms with Gasteiger partial charge in [0.2, 0.25) is 0 Å². The Morgan fingerprint density at radius 3 is 2.50 bits per heavy atom. The summed E-state index contributed by atoms with van der Waals surface area (Å²) in [5.41, 5.74) is 6.59. The van der Waals surface area contributed by atoms with Crippen LogP contribution in [0, 0.1) is 0 Å². The summed E-state index contributed by atoms with van der Waals surface area (Å²) < 4.78 is 10.6. The fourth-order valence-corrected chi connectivity index (χ4v) is 2.63. The lowest BCUT2D eigenvalue weighted by molar-refractivity contribution is -0.123. The van der Waals surface area contributed by atoms with Crippen LogP contribution in [-0.4, -0.2) is 25.5 Å². The number of rotatable bonds is 9. The maximum Gasteiger partial charge on any atom is 0.258 e. The summed E-state index contributed by atoms with van der Waals surface area (Å²) in [6, 6.07) is 14.4. The molecule has 138 valence electrons. The van der Waals surface area contributed by atoms with Gasteiger partial charge in [0.05, 0.1) is 18.7 Å². The molecule has 0 heterocycles. The van der Waals surface area contributed by atoms with E-state index in [4.69, 9.17) is 15.2 Å². The molecule has 6 heteroatoms. The first kappa shape index (κ1) is 19.3. The summed E-state index contributed by atoms with van der Waals surface area (Å²) in [6.07, 6.45) is 1.75. The first-order valence-electron chi connectivity index (χ1n) is 8.50. The highest BCUT2D eigenvalue weighted by molar-refractivity contribution is 5.96. The number of carbonyl (C=O) groups excluding carboxylic acids is 2. The van der Waals surface area contributed by atoms with Gasteiger partial charge in [0, 0.05) is 6.07 Å². The van der Waals surface area contributed by atoms with E-state index in [2.05, 4.69) is 12.2 Å². The maximum absolute atomic E-state index is 12.3. The molecule has 0 aliphatic heterocycles. The van der Waals surface area contributed by atoms with Gasteiger partial charge in [0.25, 0.3) is 11.8 Å². The Morgan fingerprint density at radius 1 is 1.15 bits per heavy atom. The van der Waals surface area contributed by atoms with Gasteiger partial charge in [0.1, 0.15) is 11.5 Å². The summed E-state index contributed by atoms with van der Waals surface area (Å²) >= 11 is 0. The van der Waals surface area contributed by atoms with Crippen LogP contribution in [0.15, 0.2) is 48.5 Å². The number of hydrogen-bond donors (Lipinski definition) is 2. The lowest BCUT2D eigenvalue weighted by Crippen LogP contribution is -2.33. The lowest BCUT2D eigenvalue weighted by Gasteiger charge is -2.19. The molecule has 2 rings (SSSR count). The molecule has 2 aromatic carbocycles. The molecular formula is C20H24N2O4. The summed E-state index contributed by atoms with van der Waals surface area (Å²) in [6.45, 7) is 1.84. The summed E-state index contributed by atoms with van der Waals surface area (Å²) in [5, 5.41) is 2.97. The Bertz CT molecular complexity index is 747. The highest BCUT2D eigenvalue weighted by Gasteiger charge is 2.16. The second-order valence-electron chi connectivity index (χ2n) is 5.83. The van der Waals surface area contributed by atoms with Crippen molar-refractivity contribution < 1.29 is 19.1 Å². The molecule has 2 amide bonds. The Morgan fingerprint density at radius 2 is 1.88 bits per heavy atom. The third-order valence-electron chi connectivity index (χ3n) is 3.93. The zero-order valence-electron chi connectivity index (χ0n) is 15.0. The molecule has 0 saturated carbocycles. The van der Waals surface area contributed by atoms with Crippen LogP contribution >= 0.6 is 0 Å². The van der Waals surface area contributed by atoms with E-state index in [9.17, 15) is 9.59 Å². The molecule has 1 unspecified atom stereocenters. The van der Waals surface area contributed by atoms with Crippen molar-refractivity contribution in [2.45, 2.75) is 25.8 Å². The van der Waals surface area contributed by atoms with Crippen LogP contribution in [0.25, 0.3) is 0 Å². The lowest BCUT2D eigenvalue weighted by atomic mass is 10.0. The van der Waals surface area contributed by atoms with E-state index in [0.29, 0.717) is 5.75 Å². The SMILES string of the molecule is CCCC(NC(=O)COc1cc(OC)ccc1C(N)=O)c1ccccc1. The summed E-state index contributed by atoms with van der Waals surface area (Å²) in [4.78, 5) is 23.8. The van der Waals surface area contributed by atoms with Crippen molar-refractivity contribution >= 4 is 11.8 Å². The van der Waals surface area contributed by atoms with E-state index in [-0.39, 0.29) is 29.9 Å². The quantitative estimate of drug-likeness (QED) is 0.723. The van der Waals surface area contributed by atoms with Gasteiger partial charge >= 0.3 is 0 Å². The van der Waals surface area contributed by atoms with E-state index >= 15 is 0 Å². The standard InChI is InChI=1S/C20H24N2O4/c1-3-7-17(14-8-5-4-6-9-14)22-19(23)13-26-18-12-15(25-2)10-11-16(18)20(21)24/h4-6,8-12,17H,3,7,13H2,1-2H3,(H2,21,24)(H,22,23). The van der Waals surface area contributed by atoms with Crippen LogP contribution in [0.5, 0.6) is 11.5 Å². The van der Waals surface area contributed by atoms with E-state index in [1.54, 1.807) is 6.07 Å². The maximum atomic E-state index is 12.3. The van der Waals surface area contributed by atoms with E-state index in [0.717, 1.165) is 18.4 Å². The molecular weight excluding hydrogens is 332 g/mol. The van der Waals surface area contributed by atoms with E-state index in [1.807, 2.05) is 30.3 Å². The smallest absolute Gasteiger partial charge is 0.258 e. The number of carbonyl (C=O) groups is 2. The molecule has 26 heavy (non-hydrogen) atoms. The number of ether oxygens (including phenoxy) is 2. The first-order chi connectivity index (χ1) is 12.5.